The second-order valence-corrected chi connectivity index (χ2v) is 14.3. The lowest BCUT2D eigenvalue weighted by Crippen LogP contribution is -2.61. The van der Waals surface area contributed by atoms with Gasteiger partial charge in [0.15, 0.2) is 6.10 Å². The smallest absolute Gasteiger partial charge is 0.303 e. The highest BCUT2D eigenvalue weighted by atomic mass is 16.6. The summed E-state index contributed by atoms with van der Waals surface area (Å²) in [5.41, 5.74) is 1.69. The van der Waals surface area contributed by atoms with Gasteiger partial charge in [-0.2, -0.15) is 0 Å². The number of esters is 3. The van der Waals surface area contributed by atoms with Gasteiger partial charge < -0.3 is 19.3 Å². The average Bonchev–Trinajstić information content (AvgIpc) is 3.22. The zero-order chi connectivity index (χ0) is 30.4. The summed E-state index contributed by atoms with van der Waals surface area (Å²) in [6, 6.07) is 0. The number of hydrogen-bond donors (Lipinski definition) is 1. The van der Waals surface area contributed by atoms with Crippen LogP contribution in [0.3, 0.4) is 0 Å². The van der Waals surface area contributed by atoms with Crippen LogP contribution in [0.15, 0.2) is 23.8 Å². The molecule has 4 aliphatic rings. The zero-order valence-corrected chi connectivity index (χ0v) is 26.4. The van der Waals surface area contributed by atoms with Gasteiger partial charge in [0.1, 0.15) is 18.3 Å². The van der Waals surface area contributed by atoms with Crippen LogP contribution in [0, 0.1) is 46.3 Å². The summed E-state index contributed by atoms with van der Waals surface area (Å²) in [5, 5.41) is 11.6. The van der Waals surface area contributed by atoms with Gasteiger partial charge in [-0.3, -0.25) is 14.4 Å². The van der Waals surface area contributed by atoms with Gasteiger partial charge in [-0.15, -0.1) is 0 Å². The number of aliphatic hydroxyl groups excluding tert-OH is 1. The Balaban J connectivity index is 1.69. The molecule has 0 spiro atoms. The molecule has 0 amide bonds. The standard InChI is InChI=1S/C34H52O7/c1-18(2)19(3)10-11-20(4)24-12-13-25-30-26(14-15-33(24,25)8)34(9)17-29(40-22(6)36)32(41-23(7)37)31(38)27(34)16-28(30)39-21(5)35/h16,18,20,24-26,28-32,38H,3,10-15,17H2,1-2,4-9H3/t20-,24-,25+,26+,28+,29-,30+,31-,32+,33-,34-/m1/s1. The minimum atomic E-state index is -1.15. The molecule has 3 saturated carbocycles. The first kappa shape index (κ1) is 31.8. The number of ether oxygens (including phenoxy) is 3. The van der Waals surface area contributed by atoms with E-state index in [4.69, 9.17) is 14.2 Å². The van der Waals surface area contributed by atoms with E-state index in [0.717, 1.165) is 44.1 Å². The van der Waals surface area contributed by atoms with Crippen LogP contribution in [0.4, 0.5) is 0 Å². The molecule has 3 fully saturated rings. The largest absolute Gasteiger partial charge is 0.458 e. The van der Waals surface area contributed by atoms with E-state index in [1.165, 1.54) is 26.3 Å². The monoisotopic (exact) mass is 572 g/mol. The molecule has 0 bridgehead atoms. The average molecular weight is 573 g/mol. The fourth-order valence-corrected chi connectivity index (χ4v) is 9.55. The van der Waals surface area contributed by atoms with Crippen LogP contribution in [-0.4, -0.2) is 47.4 Å². The predicted octanol–water partition coefficient (Wildman–Crippen LogP) is 6.18. The molecule has 230 valence electrons. The number of rotatable bonds is 8. The fraction of sp³-hybridized carbons (Fsp3) is 0.794. The van der Waals surface area contributed by atoms with Crippen molar-refractivity contribution in [1.29, 1.82) is 0 Å². The van der Waals surface area contributed by atoms with E-state index in [0.29, 0.717) is 30.1 Å². The van der Waals surface area contributed by atoms with E-state index >= 15 is 0 Å². The SMILES string of the molecule is C=C(CC[C@@H](C)[C@H]1CC[C@H]2[C@@H]3[C@@H](OC(C)=O)C=C4[C@@H](O)[C@@H](OC(C)=O)[C@H](OC(C)=O)C[C@]4(C)[C@H]3CC[C@]12C)C(C)C. The molecular weight excluding hydrogens is 520 g/mol. The lowest BCUT2D eigenvalue weighted by atomic mass is 9.45. The maximum absolute atomic E-state index is 12.4. The molecule has 0 radical (unpaired) electrons. The van der Waals surface area contributed by atoms with Crippen molar-refractivity contribution in [3.63, 3.8) is 0 Å². The summed E-state index contributed by atoms with van der Waals surface area (Å²) < 4.78 is 17.2. The number of carbonyl (C=O) groups excluding carboxylic acids is 3. The Morgan fingerprint density at radius 2 is 1.61 bits per heavy atom. The lowest BCUT2D eigenvalue weighted by molar-refractivity contribution is -0.192. The third kappa shape index (κ3) is 5.89. The number of allylic oxidation sites excluding steroid dienone is 1. The van der Waals surface area contributed by atoms with Crippen LogP contribution in [0.2, 0.25) is 0 Å². The van der Waals surface area contributed by atoms with Gasteiger partial charge in [0.05, 0.1) is 0 Å². The summed E-state index contributed by atoms with van der Waals surface area (Å²) in [6.45, 7) is 19.8. The van der Waals surface area contributed by atoms with Crippen LogP contribution >= 0.6 is 0 Å². The summed E-state index contributed by atoms with van der Waals surface area (Å²) in [4.78, 5) is 36.4. The zero-order valence-electron chi connectivity index (χ0n) is 26.4. The highest BCUT2D eigenvalue weighted by Crippen LogP contribution is 2.68. The van der Waals surface area contributed by atoms with Gasteiger partial charge in [0, 0.05) is 26.7 Å². The normalized spacial score (nSPS) is 40.4. The van der Waals surface area contributed by atoms with Crippen molar-refractivity contribution in [1.82, 2.24) is 0 Å². The Kier molecular flexibility index (Phi) is 9.19. The summed E-state index contributed by atoms with van der Waals surface area (Å²) >= 11 is 0. The van der Waals surface area contributed by atoms with Crippen molar-refractivity contribution in [2.45, 2.75) is 125 Å². The highest BCUT2D eigenvalue weighted by molar-refractivity contribution is 5.68. The molecule has 0 aromatic heterocycles. The minimum absolute atomic E-state index is 0.102. The first-order chi connectivity index (χ1) is 19.1. The number of aliphatic hydroxyl groups is 1. The maximum Gasteiger partial charge on any atom is 0.303 e. The topological polar surface area (TPSA) is 99.1 Å². The molecule has 0 saturated heterocycles. The Labute approximate surface area is 246 Å². The van der Waals surface area contributed by atoms with E-state index in [9.17, 15) is 19.5 Å². The molecule has 4 aliphatic carbocycles. The fourth-order valence-electron chi connectivity index (χ4n) is 9.55. The molecule has 7 nitrogen and oxygen atoms in total. The van der Waals surface area contributed by atoms with Crippen molar-refractivity contribution >= 4 is 17.9 Å². The van der Waals surface area contributed by atoms with Gasteiger partial charge in [-0.25, -0.2) is 0 Å². The molecule has 0 aromatic carbocycles. The van der Waals surface area contributed by atoms with Crippen molar-refractivity contribution < 1.29 is 33.7 Å². The van der Waals surface area contributed by atoms with Crippen LogP contribution in [0.25, 0.3) is 0 Å². The van der Waals surface area contributed by atoms with E-state index < -0.39 is 41.8 Å². The van der Waals surface area contributed by atoms with E-state index in [1.54, 1.807) is 0 Å². The maximum atomic E-state index is 12.4. The Morgan fingerprint density at radius 3 is 2.20 bits per heavy atom. The van der Waals surface area contributed by atoms with Crippen molar-refractivity contribution in [3.8, 4) is 0 Å². The third-order valence-corrected chi connectivity index (χ3v) is 11.6. The quantitative estimate of drug-likeness (QED) is 0.211. The van der Waals surface area contributed by atoms with E-state index in [1.807, 2.05) is 6.08 Å². The van der Waals surface area contributed by atoms with Crippen molar-refractivity contribution in [3.05, 3.63) is 23.8 Å². The Morgan fingerprint density at radius 1 is 0.976 bits per heavy atom. The molecule has 1 N–H and O–H groups in total. The first-order valence-electron chi connectivity index (χ1n) is 15.7. The molecule has 0 aliphatic heterocycles. The van der Waals surface area contributed by atoms with E-state index in [2.05, 4.69) is 41.2 Å². The third-order valence-electron chi connectivity index (χ3n) is 11.6. The van der Waals surface area contributed by atoms with Gasteiger partial charge in [-0.05, 0) is 97.0 Å². The molecule has 7 heteroatoms. The lowest BCUT2D eigenvalue weighted by Gasteiger charge is -2.61. The van der Waals surface area contributed by atoms with Crippen molar-refractivity contribution in [2.75, 3.05) is 0 Å². The van der Waals surface area contributed by atoms with Crippen LogP contribution in [-0.2, 0) is 28.6 Å². The summed E-state index contributed by atoms with van der Waals surface area (Å²) in [5.74, 6) is 0.914. The van der Waals surface area contributed by atoms with Gasteiger partial charge in [0.25, 0.3) is 0 Å². The molecule has 41 heavy (non-hydrogen) atoms. The summed E-state index contributed by atoms with van der Waals surface area (Å²) in [7, 11) is 0. The van der Waals surface area contributed by atoms with Crippen LogP contribution in [0.5, 0.6) is 0 Å². The van der Waals surface area contributed by atoms with Crippen molar-refractivity contribution in [2.24, 2.45) is 46.3 Å². The molecule has 0 aromatic rings. The second-order valence-electron chi connectivity index (χ2n) is 14.3. The van der Waals surface area contributed by atoms with Crippen LogP contribution < -0.4 is 0 Å². The molecule has 11 atom stereocenters. The second kappa shape index (κ2) is 11.9. The molecule has 4 rings (SSSR count). The first-order valence-corrected chi connectivity index (χ1v) is 15.7. The molecular formula is C34H52O7. The predicted molar refractivity (Wildman–Crippen MR) is 156 cm³/mol. The Bertz CT molecular complexity index is 1080. The molecule has 0 unspecified atom stereocenters. The van der Waals surface area contributed by atoms with Crippen LogP contribution in [0.1, 0.15) is 100 Å². The highest BCUT2D eigenvalue weighted by Gasteiger charge is 2.64. The number of fused-ring (bicyclic) bond motifs is 5. The summed E-state index contributed by atoms with van der Waals surface area (Å²) in [6.07, 6.45) is 5.47. The minimum Gasteiger partial charge on any atom is -0.458 e. The van der Waals surface area contributed by atoms with E-state index in [-0.39, 0.29) is 23.2 Å². The van der Waals surface area contributed by atoms with Gasteiger partial charge in [-0.1, -0.05) is 46.8 Å². The molecule has 0 heterocycles. The number of hydrogen-bond acceptors (Lipinski definition) is 7. The van der Waals surface area contributed by atoms with Gasteiger partial charge in [0.2, 0.25) is 0 Å². The number of carbonyl (C=O) groups is 3. The van der Waals surface area contributed by atoms with Gasteiger partial charge >= 0.3 is 17.9 Å². The Hall–Kier alpha value is -2.15.